The first-order valence-electron chi connectivity index (χ1n) is 12.8. The number of aromatic nitrogens is 1. The van der Waals surface area contributed by atoms with Crippen LogP contribution in [0.3, 0.4) is 0 Å². The van der Waals surface area contributed by atoms with Gasteiger partial charge in [-0.2, -0.15) is 0 Å². The summed E-state index contributed by atoms with van der Waals surface area (Å²) >= 11 is 6.29. The van der Waals surface area contributed by atoms with Crippen LogP contribution in [0.5, 0.6) is 11.5 Å². The fourth-order valence-corrected chi connectivity index (χ4v) is 5.86. The third-order valence-corrected chi connectivity index (χ3v) is 8.05. The first-order valence-corrected chi connectivity index (χ1v) is 13.4. The van der Waals surface area contributed by atoms with E-state index < -0.39 is 18.0 Å². The number of carbonyl (C=O) groups is 3. The summed E-state index contributed by atoms with van der Waals surface area (Å²) in [4.78, 5) is 46.5. The van der Waals surface area contributed by atoms with Crippen molar-refractivity contribution in [2.75, 3.05) is 50.6 Å². The molecule has 0 bridgehead atoms. The minimum atomic E-state index is -1.14. The van der Waals surface area contributed by atoms with E-state index in [1.807, 2.05) is 7.05 Å². The van der Waals surface area contributed by atoms with Crippen molar-refractivity contribution >= 4 is 57.1 Å². The quantitative estimate of drug-likeness (QED) is 0.310. The van der Waals surface area contributed by atoms with Crippen LogP contribution in [0.2, 0.25) is 0 Å². The number of phenolic OH excluding ortho intramolecular Hbond substituents is 1. The van der Waals surface area contributed by atoms with Crippen LogP contribution in [-0.2, 0) is 0 Å². The van der Waals surface area contributed by atoms with Gasteiger partial charge >= 0.3 is 12.1 Å². The molecule has 2 aromatic heterocycles. The number of nitrogens with zero attached hydrogens (tertiary/aromatic N) is 3. The molecule has 1 saturated heterocycles. The Morgan fingerprint density at radius 1 is 1.15 bits per heavy atom. The van der Waals surface area contributed by atoms with Crippen LogP contribution in [0.15, 0.2) is 34.7 Å². The molecule has 0 saturated carbocycles. The zero-order valence-corrected chi connectivity index (χ0v) is 22.6. The number of amides is 2. The molecule has 0 spiro atoms. The van der Waals surface area contributed by atoms with Crippen molar-refractivity contribution in [3.63, 3.8) is 0 Å². The second-order valence-electron chi connectivity index (χ2n) is 10.2. The molecule has 208 valence electrons. The maximum atomic E-state index is 13.7. The molecule has 1 atom stereocenters. The summed E-state index contributed by atoms with van der Waals surface area (Å²) in [5.41, 5.74) is 2.13. The Bertz CT molecular complexity index is 1690. The predicted octanol–water partition coefficient (Wildman–Crippen LogP) is 4.36. The van der Waals surface area contributed by atoms with Gasteiger partial charge in [0.1, 0.15) is 17.1 Å². The summed E-state index contributed by atoms with van der Waals surface area (Å²) in [6.07, 6.45) is -0.431. The van der Waals surface area contributed by atoms with Crippen molar-refractivity contribution < 1.29 is 33.8 Å². The summed E-state index contributed by atoms with van der Waals surface area (Å²) in [7, 11) is 2.00. The van der Waals surface area contributed by atoms with Gasteiger partial charge in [-0.05, 0) is 43.8 Å². The Labute approximate surface area is 233 Å². The SMILES string of the molecule is Cc1[nH]c2c(O)cc3c(c2c1C(=O)O)[C@H](CCl)CN3C(=O)c1cc2cc(OC(=O)N3CCN(C)CC3)ccc2o1. The van der Waals surface area contributed by atoms with E-state index in [1.54, 1.807) is 36.1 Å². The number of piperazine rings is 1. The summed E-state index contributed by atoms with van der Waals surface area (Å²) in [5.74, 6) is -1.62. The third kappa shape index (κ3) is 4.22. The fourth-order valence-electron chi connectivity index (χ4n) is 5.60. The smallest absolute Gasteiger partial charge is 0.415 e. The van der Waals surface area contributed by atoms with Gasteiger partial charge < -0.3 is 39.1 Å². The Balaban J connectivity index is 1.31. The Morgan fingerprint density at radius 3 is 2.60 bits per heavy atom. The van der Waals surface area contributed by atoms with Crippen LogP contribution in [0.1, 0.15) is 38.1 Å². The lowest BCUT2D eigenvalue weighted by atomic mass is 9.95. The monoisotopic (exact) mass is 566 g/mol. The molecule has 40 heavy (non-hydrogen) atoms. The highest BCUT2D eigenvalue weighted by molar-refractivity contribution is 6.20. The van der Waals surface area contributed by atoms with Gasteiger partial charge in [0.25, 0.3) is 5.91 Å². The highest BCUT2D eigenvalue weighted by atomic mass is 35.5. The molecular weight excluding hydrogens is 540 g/mol. The number of aromatic amines is 1. The zero-order valence-electron chi connectivity index (χ0n) is 21.9. The maximum Gasteiger partial charge on any atom is 0.415 e. The number of rotatable bonds is 4. The molecule has 3 N–H and O–H groups in total. The minimum absolute atomic E-state index is 0.0361. The lowest BCUT2D eigenvalue weighted by Crippen LogP contribution is -2.48. The summed E-state index contributed by atoms with van der Waals surface area (Å²) in [5, 5.41) is 21.5. The molecule has 0 radical (unpaired) electrons. The largest absolute Gasteiger partial charge is 0.506 e. The summed E-state index contributed by atoms with van der Waals surface area (Å²) in [6, 6.07) is 7.90. The molecule has 2 aliphatic heterocycles. The molecule has 1 fully saturated rings. The van der Waals surface area contributed by atoms with E-state index in [9.17, 15) is 24.6 Å². The van der Waals surface area contributed by atoms with Gasteiger partial charge in [-0.1, -0.05) is 0 Å². The number of carboxylic acids is 1. The number of aromatic carboxylic acids is 1. The van der Waals surface area contributed by atoms with E-state index in [0.717, 1.165) is 13.1 Å². The van der Waals surface area contributed by atoms with E-state index >= 15 is 0 Å². The number of H-pyrrole nitrogens is 1. The molecule has 2 aliphatic rings. The average Bonchev–Trinajstić information content (AvgIpc) is 3.61. The lowest BCUT2D eigenvalue weighted by Gasteiger charge is -2.31. The number of nitrogens with one attached hydrogen (secondary N) is 1. The van der Waals surface area contributed by atoms with Gasteiger partial charge in [0.15, 0.2) is 5.76 Å². The number of halogens is 1. The van der Waals surface area contributed by atoms with E-state index in [1.165, 1.54) is 11.0 Å². The van der Waals surface area contributed by atoms with E-state index in [-0.39, 0.29) is 35.4 Å². The number of alkyl halides is 1. The van der Waals surface area contributed by atoms with Crippen LogP contribution in [0.25, 0.3) is 21.9 Å². The number of benzene rings is 2. The van der Waals surface area contributed by atoms with Crippen LogP contribution in [-0.4, -0.2) is 88.6 Å². The van der Waals surface area contributed by atoms with Crippen molar-refractivity contribution in [1.29, 1.82) is 0 Å². The molecule has 0 aliphatic carbocycles. The Kier molecular flexibility index (Phi) is 6.35. The maximum absolute atomic E-state index is 13.7. The average molecular weight is 567 g/mol. The molecule has 2 amide bonds. The van der Waals surface area contributed by atoms with Crippen molar-refractivity contribution in [2.45, 2.75) is 12.8 Å². The Morgan fingerprint density at radius 2 is 1.90 bits per heavy atom. The molecule has 2 aromatic carbocycles. The lowest BCUT2D eigenvalue weighted by molar-refractivity contribution is 0.0698. The van der Waals surface area contributed by atoms with Gasteiger partial charge in [-0.3, -0.25) is 4.79 Å². The molecule has 4 aromatic rings. The van der Waals surface area contributed by atoms with Gasteiger partial charge in [0.2, 0.25) is 0 Å². The number of aryl methyl sites for hydroxylation is 1. The number of carboxylic acid groups (broad SMARTS) is 1. The van der Waals surface area contributed by atoms with Crippen LogP contribution in [0, 0.1) is 6.92 Å². The summed E-state index contributed by atoms with van der Waals surface area (Å²) in [6.45, 7) is 4.52. The van der Waals surface area contributed by atoms with Crippen molar-refractivity contribution in [3.05, 3.63) is 52.9 Å². The van der Waals surface area contributed by atoms with Crippen molar-refractivity contribution in [2.24, 2.45) is 0 Å². The highest BCUT2D eigenvalue weighted by Crippen LogP contribution is 2.47. The van der Waals surface area contributed by atoms with Gasteiger partial charge in [-0.25, -0.2) is 9.59 Å². The number of hydrogen-bond acceptors (Lipinski definition) is 7. The third-order valence-electron chi connectivity index (χ3n) is 7.67. The topological polar surface area (TPSA) is 140 Å². The molecule has 11 nitrogen and oxygen atoms in total. The molecule has 4 heterocycles. The first-order chi connectivity index (χ1) is 19.2. The number of phenols is 1. The van der Waals surface area contributed by atoms with Gasteiger partial charge in [0, 0.05) is 67.1 Å². The van der Waals surface area contributed by atoms with Gasteiger partial charge in [-0.15, -0.1) is 11.6 Å². The molecule has 12 heteroatoms. The van der Waals surface area contributed by atoms with E-state index in [4.69, 9.17) is 20.8 Å². The Hall–Kier alpha value is -4.22. The number of hydrogen-bond donors (Lipinski definition) is 3. The van der Waals surface area contributed by atoms with E-state index in [2.05, 4.69) is 9.88 Å². The number of furan rings is 1. The van der Waals surface area contributed by atoms with Crippen LogP contribution >= 0.6 is 11.6 Å². The number of likely N-dealkylation sites (N-methyl/N-ethyl adjacent to an activating group) is 1. The normalized spacial score (nSPS) is 17.5. The minimum Gasteiger partial charge on any atom is -0.506 e. The first kappa shape index (κ1) is 26.0. The van der Waals surface area contributed by atoms with Crippen LogP contribution in [0.4, 0.5) is 10.5 Å². The number of anilines is 1. The fraction of sp³-hybridized carbons (Fsp3) is 0.321. The second-order valence-corrected chi connectivity index (χ2v) is 10.6. The number of fused-ring (bicyclic) bond motifs is 4. The van der Waals surface area contributed by atoms with Gasteiger partial charge in [0.05, 0.1) is 16.8 Å². The standard InChI is InChI=1S/C28H27ClN4O7/c1-14-22(27(36)37)24-23-16(12-29)13-33(18(23)11-19(34)25(24)30-14)26(35)21-10-15-9-17(3-4-20(15)40-21)39-28(38)32-7-5-31(2)6-8-32/h3-4,9-11,16,30,34H,5-8,12-13H2,1-2H3,(H,36,37)/t16-/m1/s1. The molecule has 0 unspecified atom stereocenters. The number of ether oxygens (including phenoxy) is 1. The van der Waals surface area contributed by atoms with Crippen LogP contribution < -0.4 is 9.64 Å². The van der Waals surface area contributed by atoms with E-state index in [0.29, 0.717) is 57.7 Å². The number of aromatic hydroxyl groups is 1. The second kappa shape index (κ2) is 9.76. The molecular formula is C28H27ClN4O7. The van der Waals surface area contributed by atoms with Crippen molar-refractivity contribution in [1.82, 2.24) is 14.8 Å². The predicted molar refractivity (Wildman–Crippen MR) is 148 cm³/mol. The molecule has 6 rings (SSSR count). The summed E-state index contributed by atoms with van der Waals surface area (Å²) < 4.78 is 11.4. The zero-order chi connectivity index (χ0) is 28.3. The number of carbonyl (C=O) groups excluding carboxylic acids is 2. The van der Waals surface area contributed by atoms with Crippen molar-refractivity contribution in [3.8, 4) is 11.5 Å². The highest BCUT2D eigenvalue weighted by Gasteiger charge is 2.38.